The van der Waals surface area contributed by atoms with Crippen LogP contribution in [0, 0.1) is 5.92 Å². The molecule has 0 spiro atoms. The first-order chi connectivity index (χ1) is 11.7. The second-order valence-electron chi connectivity index (χ2n) is 6.40. The van der Waals surface area contributed by atoms with Gasteiger partial charge in [0.2, 0.25) is 0 Å². The van der Waals surface area contributed by atoms with E-state index in [9.17, 15) is 4.79 Å². The van der Waals surface area contributed by atoms with Crippen molar-refractivity contribution in [1.82, 2.24) is 29.7 Å². The highest BCUT2D eigenvalue weighted by atomic mass is 16.1. The number of aromatic nitrogens is 5. The topological polar surface area (TPSA) is 77.1 Å². The lowest BCUT2D eigenvalue weighted by Gasteiger charge is -2.11. The zero-order chi connectivity index (χ0) is 16.7. The summed E-state index contributed by atoms with van der Waals surface area (Å²) in [7, 11) is 3.81. The van der Waals surface area contributed by atoms with Crippen molar-refractivity contribution >= 4 is 11.3 Å². The summed E-state index contributed by atoms with van der Waals surface area (Å²) < 4.78 is 3.45. The minimum absolute atomic E-state index is 0.0257. The predicted molar refractivity (Wildman–Crippen MR) is 89.7 cm³/mol. The number of rotatable bonds is 4. The van der Waals surface area contributed by atoms with E-state index in [0.29, 0.717) is 17.4 Å². The summed E-state index contributed by atoms with van der Waals surface area (Å²) in [4.78, 5) is 17.7. The summed E-state index contributed by atoms with van der Waals surface area (Å²) >= 11 is 0. The van der Waals surface area contributed by atoms with Crippen LogP contribution in [0.2, 0.25) is 0 Å². The van der Waals surface area contributed by atoms with Gasteiger partial charge in [-0.2, -0.15) is 10.2 Å². The Morgan fingerprint density at radius 2 is 2.17 bits per heavy atom. The van der Waals surface area contributed by atoms with Crippen molar-refractivity contribution in [3.05, 3.63) is 36.5 Å². The Morgan fingerprint density at radius 1 is 1.29 bits per heavy atom. The van der Waals surface area contributed by atoms with Crippen LogP contribution in [-0.4, -0.2) is 43.3 Å². The minimum Gasteiger partial charge on any atom is -0.317 e. The zero-order valence-electron chi connectivity index (χ0n) is 13.8. The number of fused-ring (bicyclic) bond motifs is 1. The third-order valence-corrected chi connectivity index (χ3v) is 4.84. The molecule has 1 aliphatic rings. The Morgan fingerprint density at radius 3 is 2.88 bits per heavy atom. The van der Waals surface area contributed by atoms with Crippen LogP contribution in [-0.2, 0) is 7.05 Å². The lowest BCUT2D eigenvalue weighted by atomic mass is 9.98. The van der Waals surface area contributed by atoms with Crippen molar-refractivity contribution in [2.24, 2.45) is 13.0 Å². The second kappa shape index (κ2) is 5.83. The van der Waals surface area contributed by atoms with Gasteiger partial charge in [0.25, 0.3) is 0 Å². The highest BCUT2D eigenvalue weighted by Crippen LogP contribution is 2.30. The normalized spacial score (nSPS) is 20.8. The molecule has 3 heterocycles. The van der Waals surface area contributed by atoms with Gasteiger partial charge in [-0.25, -0.2) is 9.50 Å². The fraction of sp³-hybridized carbons (Fsp3) is 0.412. The molecule has 1 fully saturated rings. The van der Waals surface area contributed by atoms with Crippen LogP contribution in [0.15, 0.2) is 30.9 Å². The first-order valence-electron chi connectivity index (χ1n) is 8.20. The lowest BCUT2D eigenvalue weighted by molar-refractivity contribution is 0.0917. The van der Waals surface area contributed by atoms with Crippen LogP contribution in [0.4, 0.5) is 0 Å². The second-order valence-corrected chi connectivity index (χ2v) is 6.40. The van der Waals surface area contributed by atoms with Gasteiger partial charge in [0, 0.05) is 30.8 Å². The maximum Gasteiger partial charge on any atom is 0.186 e. The van der Waals surface area contributed by atoms with E-state index >= 15 is 0 Å². The quantitative estimate of drug-likeness (QED) is 0.739. The van der Waals surface area contributed by atoms with E-state index in [2.05, 4.69) is 20.5 Å². The van der Waals surface area contributed by atoms with Crippen molar-refractivity contribution in [1.29, 1.82) is 0 Å². The number of ketones is 1. The average molecular weight is 324 g/mol. The number of nitrogens with zero attached hydrogens (tertiary/aromatic N) is 5. The predicted octanol–water partition coefficient (Wildman–Crippen LogP) is 1.70. The molecule has 24 heavy (non-hydrogen) atoms. The summed E-state index contributed by atoms with van der Waals surface area (Å²) in [6, 6.07) is 2.26. The van der Waals surface area contributed by atoms with Crippen molar-refractivity contribution in [3.63, 3.8) is 0 Å². The van der Waals surface area contributed by atoms with Gasteiger partial charge in [-0.15, -0.1) is 0 Å². The van der Waals surface area contributed by atoms with Gasteiger partial charge < -0.3 is 5.32 Å². The summed E-state index contributed by atoms with van der Waals surface area (Å²) in [6.07, 6.45) is 9.99. The molecule has 2 atom stereocenters. The molecule has 7 nitrogen and oxygen atoms in total. The summed E-state index contributed by atoms with van der Waals surface area (Å²) in [5, 5.41) is 11.8. The molecule has 3 aromatic rings. The van der Waals surface area contributed by atoms with Gasteiger partial charge >= 0.3 is 0 Å². The lowest BCUT2D eigenvalue weighted by Crippen LogP contribution is -2.23. The molecule has 0 radical (unpaired) electrons. The van der Waals surface area contributed by atoms with Crippen molar-refractivity contribution in [2.45, 2.75) is 25.3 Å². The van der Waals surface area contributed by atoms with Crippen LogP contribution in [0.1, 0.15) is 29.8 Å². The third-order valence-electron chi connectivity index (χ3n) is 4.84. The third kappa shape index (κ3) is 2.50. The molecule has 1 N–H and O–H groups in total. The van der Waals surface area contributed by atoms with E-state index in [1.807, 2.05) is 32.6 Å². The summed E-state index contributed by atoms with van der Waals surface area (Å²) in [6.45, 7) is 0. The Hall–Kier alpha value is -2.54. The SMILES string of the molecule is CN[C@@H]1CC[C@H](C(=O)c2nc(-c3cnn(C)c3)cn3nccc23)C1. The van der Waals surface area contributed by atoms with E-state index in [1.165, 1.54) is 0 Å². The van der Waals surface area contributed by atoms with Gasteiger partial charge in [-0.05, 0) is 32.4 Å². The van der Waals surface area contributed by atoms with Crippen LogP contribution in [0.5, 0.6) is 0 Å². The highest BCUT2D eigenvalue weighted by molar-refractivity contribution is 6.02. The number of carbonyl (C=O) groups excluding carboxylic acids is 1. The van der Waals surface area contributed by atoms with E-state index in [1.54, 1.807) is 21.6 Å². The van der Waals surface area contributed by atoms with Gasteiger partial charge in [-0.1, -0.05) is 0 Å². The number of nitrogens with one attached hydrogen (secondary N) is 1. The number of aryl methyl sites for hydroxylation is 1. The van der Waals surface area contributed by atoms with Gasteiger partial charge in [0.15, 0.2) is 5.78 Å². The highest BCUT2D eigenvalue weighted by Gasteiger charge is 2.31. The fourth-order valence-corrected chi connectivity index (χ4v) is 3.48. The molecule has 0 aliphatic heterocycles. The van der Waals surface area contributed by atoms with Gasteiger partial charge in [0.1, 0.15) is 5.69 Å². The number of hydrogen-bond donors (Lipinski definition) is 1. The first kappa shape index (κ1) is 15.0. The van der Waals surface area contributed by atoms with E-state index in [0.717, 1.165) is 30.3 Å². The molecular formula is C17H20N6O. The first-order valence-corrected chi connectivity index (χ1v) is 8.20. The molecule has 0 aromatic carbocycles. The number of hydrogen-bond acceptors (Lipinski definition) is 5. The van der Waals surface area contributed by atoms with E-state index in [-0.39, 0.29) is 11.7 Å². The van der Waals surface area contributed by atoms with Crippen LogP contribution in [0.25, 0.3) is 16.8 Å². The molecule has 0 unspecified atom stereocenters. The molecule has 1 saturated carbocycles. The van der Waals surface area contributed by atoms with Gasteiger partial charge in [0.05, 0.1) is 29.8 Å². The molecular weight excluding hydrogens is 304 g/mol. The Kier molecular flexibility index (Phi) is 3.65. The molecule has 1 aliphatic carbocycles. The summed E-state index contributed by atoms with van der Waals surface area (Å²) in [5.74, 6) is 0.141. The van der Waals surface area contributed by atoms with Crippen molar-refractivity contribution < 1.29 is 4.79 Å². The molecule has 0 amide bonds. The van der Waals surface area contributed by atoms with Crippen LogP contribution >= 0.6 is 0 Å². The average Bonchev–Trinajstić information content (AvgIpc) is 3.32. The van der Waals surface area contributed by atoms with E-state index in [4.69, 9.17) is 0 Å². The molecule has 0 saturated heterocycles. The molecule has 7 heteroatoms. The molecule has 4 rings (SSSR count). The number of carbonyl (C=O) groups is 1. The fourth-order valence-electron chi connectivity index (χ4n) is 3.48. The monoisotopic (exact) mass is 324 g/mol. The smallest absolute Gasteiger partial charge is 0.186 e. The largest absolute Gasteiger partial charge is 0.317 e. The Balaban J connectivity index is 1.76. The van der Waals surface area contributed by atoms with E-state index < -0.39 is 0 Å². The Labute approximate surface area is 139 Å². The molecule has 124 valence electrons. The van der Waals surface area contributed by atoms with Crippen molar-refractivity contribution in [2.75, 3.05) is 7.05 Å². The maximum atomic E-state index is 13.1. The molecule has 0 bridgehead atoms. The zero-order valence-corrected chi connectivity index (χ0v) is 13.8. The van der Waals surface area contributed by atoms with Crippen LogP contribution in [0.3, 0.4) is 0 Å². The van der Waals surface area contributed by atoms with Crippen molar-refractivity contribution in [3.8, 4) is 11.3 Å². The number of Topliss-reactive ketones (excluding diaryl/α,β-unsaturated/α-hetero) is 1. The minimum atomic E-state index is 0.0257. The standard InChI is InChI=1S/C17H20N6O/c1-18-13-4-3-11(7-13)17(24)16-15-5-6-19-23(15)10-14(21-16)12-8-20-22(2)9-12/h5-6,8-11,13,18H,3-4,7H2,1-2H3/t11-,13+/m0/s1. The van der Waals surface area contributed by atoms with Gasteiger partial charge in [-0.3, -0.25) is 9.48 Å². The van der Waals surface area contributed by atoms with Crippen LogP contribution < -0.4 is 5.32 Å². The Bertz CT molecular complexity index is 896. The summed E-state index contributed by atoms with van der Waals surface area (Å²) in [5.41, 5.74) is 2.87. The maximum absolute atomic E-state index is 13.1. The molecule has 3 aromatic heterocycles.